The number of nitrogens with zero attached hydrogens (tertiary/aromatic N) is 1. The molecule has 112 valence electrons. The molecule has 1 aromatic carbocycles. The topological polar surface area (TPSA) is 48.3 Å². The molecule has 1 heterocycles. The summed E-state index contributed by atoms with van der Waals surface area (Å²) in [7, 11) is 0. The summed E-state index contributed by atoms with van der Waals surface area (Å²) in [5.41, 5.74) is 1.14. The van der Waals surface area contributed by atoms with Crippen molar-refractivity contribution in [3.8, 4) is 0 Å². The van der Waals surface area contributed by atoms with Crippen LogP contribution in [0.3, 0.4) is 0 Å². The summed E-state index contributed by atoms with van der Waals surface area (Å²) in [6.45, 7) is 7.16. The van der Waals surface area contributed by atoms with Crippen molar-refractivity contribution >= 4 is 22.7 Å². The van der Waals surface area contributed by atoms with Gasteiger partial charge in [-0.2, -0.15) is 0 Å². The zero-order chi connectivity index (χ0) is 15.7. The fraction of sp³-hybridized carbons (Fsp3) is 0.375. The van der Waals surface area contributed by atoms with Crippen LogP contribution in [0.15, 0.2) is 18.2 Å². The fourth-order valence-electron chi connectivity index (χ4n) is 2.57. The minimum atomic E-state index is -0.911. The van der Waals surface area contributed by atoms with Crippen LogP contribution < -0.4 is 0 Å². The van der Waals surface area contributed by atoms with Crippen molar-refractivity contribution in [3.63, 3.8) is 0 Å². The van der Waals surface area contributed by atoms with E-state index in [0.29, 0.717) is 16.5 Å². The van der Waals surface area contributed by atoms with E-state index in [-0.39, 0.29) is 18.3 Å². The Morgan fingerprint density at radius 2 is 2.00 bits per heavy atom. The van der Waals surface area contributed by atoms with Crippen molar-refractivity contribution in [1.82, 2.24) is 4.57 Å². The molecule has 21 heavy (non-hydrogen) atoms. The SMILES string of the molecule is CCOC(=O)C(=O)c1c(C)c2cccc(F)c2n1C(C)C. The van der Waals surface area contributed by atoms with Crippen LogP contribution in [0.1, 0.15) is 42.9 Å². The Labute approximate surface area is 122 Å². The summed E-state index contributed by atoms with van der Waals surface area (Å²) in [6, 6.07) is 4.52. The number of rotatable bonds is 4. The van der Waals surface area contributed by atoms with Gasteiger partial charge in [0.05, 0.1) is 12.1 Å². The first kappa shape index (κ1) is 15.2. The third-order valence-corrected chi connectivity index (χ3v) is 3.42. The number of esters is 1. The molecule has 2 rings (SSSR count). The van der Waals surface area contributed by atoms with Gasteiger partial charge in [-0.25, -0.2) is 9.18 Å². The van der Waals surface area contributed by atoms with E-state index in [0.717, 1.165) is 0 Å². The first-order valence-electron chi connectivity index (χ1n) is 6.90. The minimum absolute atomic E-state index is 0.125. The highest BCUT2D eigenvalue weighted by Crippen LogP contribution is 2.31. The number of Topliss-reactive ketones (excluding diaryl/α,β-unsaturated/α-hetero) is 1. The maximum atomic E-state index is 14.2. The smallest absolute Gasteiger partial charge is 0.381 e. The van der Waals surface area contributed by atoms with Gasteiger partial charge in [0.1, 0.15) is 11.5 Å². The van der Waals surface area contributed by atoms with Crippen molar-refractivity contribution in [3.05, 3.63) is 35.3 Å². The number of aryl methyl sites for hydroxylation is 1. The second-order valence-electron chi connectivity index (χ2n) is 5.12. The zero-order valence-corrected chi connectivity index (χ0v) is 12.6. The van der Waals surface area contributed by atoms with E-state index in [4.69, 9.17) is 4.74 Å². The van der Waals surface area contributed by atoms with Crippen LogP contribution in [0.25, 0.3) is 10.9 Å². The molecule has 4 nitrogen and oxygen atoms in total. The van der Waals surface area contributed by atoms with Gasteiger partial charge in [-0.15, -0.1) is 0 Å². The van der Waals surface area contributed by atoms with Gasteiger partial charge >= 0.3 is 5.97 Å². The largest absolute Gasteiger partial charge is 0.460 e. The number of benzene rings is 1. The van der Waals surface area contributed by atoms with Gasteiger partial charge in [-0.3, -0.25) is 4.79 Å². The summed E-state index contributed by atoms with van der Waals surface area (Å²) in [6.07, 6.45) is 0. The Hall–Kier alpha value is -2.17. The standard InChI is InChI=1S/C16H18FNO3/c1-5-21-16(20)15(19)13-10(4)11-7-6-8-12(17)14(11)18(13)9(2)3/h6-9H,5H2,1-4H3. The lowest BCUT2D eigenvalue weighted by molar-refractivity contribution is -0.137. The Morgan fingerprint density at radius 1 is 1.33 bits per heavy atom. The Kier molecular flexibility index (Phi) is 4.11. The minimum Gasteiger partial charge on any atom is -0.460 e. The van der Waals surface area contributed by atoms with E-state index in [1.54, 1.807) is 30.5 Å². The van der Waals surface area contributed by atoms with Crippen LogP contribution in [-0.2, 0) is 9.53 Å². The molecule has 0 aliphatic carbocycles. The molecule has 0 saturated heterocycles. The molecule has 0 atom stereocenters. The average Bonchev–Trinajstić information content (AvgIpc) is 2.73. The highest BCUT2D eigenvalue weighted by Gasteiger charge is 2.28. The predicted molar refractivity (Wildman–Crippen MR) is 78.0 cm³/mol. The van der Waals surface area contributed by atoms with E-state index in [2.05, 4.69) is 0 Å². The first-order valence-corrected chi connectivity index (χ1v) is 6.90. The molecular formula is C16H18FNO3. The normalized spacial score (nSPS) is 11.1. The molecule has 2 aromatic rings. The number of carbonyl (C=O) groups excluding carboxylic acids is 2. The molecule has 0 aliphatic rings. The highest BCUT2D eigenvalue weighted by molar-refractivity contribution is 6.41. The number of halogens is 1. The zero-order valence-electron chi connectivity index (χ0n) is 12.6. The Balaban J connectivity index is 2.77. The molecule has 0 radical (unpaired) electrons. The molecule has 5 heteroatoms. The van der Waals surface area contributed by atoms with Gasteiger partial charge in [0.25, 0.3) is 5.78 Å². The van der Waals surface area contributed by atoms with Crippen molar-refractivity contribution in [1.29, 1.82) is 0 Å². The second kappa shape index (κ2) is 5.68. The van der Waals surface area contributed by atoms with Gasteiger partial charge in [0.15, 0.2) is 0 Å². The number of fused-ring (bicyclic) bond motifs is 1. The van der Waals surface area contributed by atoms with Crippen LogP contribution in [0.5, 0.6) is 0 Å². The van der Waals surface area contributed by atoms with Crippen molar-refractivity contribution in [2.45, 2.75) is 33.7 Å². The van der Waals surface area contributed by atoms with Crippen LogP contribution in [0, 0.1) is 12.7 Å². The van der Waals surface area contributed by atoms with Crippen molar-refractivity contribution in [2.24, 2.45) is 0 Å². The third-order valence-electron chi connectivity index (χ3n) is 3.42. The molecule has 0 amide bonds. The van der Waals surface area contributed by atoms with E-state index in [1.165, 1.54) is 6.07 Å². The van der Waals surface area contributed by atoms with E-state index in [9.17, 15) is 14.0 Å². The summed E-state index contributed by atoms with van der Waals surface area (Å²) >= 11 is 0. The lowest BCUT2D eigenvalue weighted by Gasteiger charge is -2.14. The molecule has 0 bridgehead atoms. The van der Waals surface area contributed by atoms with Crippen LogP contribution in [-0.4, -0.2) is 22.9 Å². The number of carbonyl (C=O) groups is 2. The van der Waals surface area contributed by atoms with Crippen LogP contribution in [0.2, 0.25) is 0 Å². The lowest BCUT2D eigenvalue weighted by atomic mass is 10.1. The second-order valence-corrected chi connectivity index (χ2v) is 5.12. The van der Waals surface area contributed by atoms with Crippen molar-refractivity contribution < 1.29 is 18.7 Å². The van der Waals surface area contributed by atoms with E-state index >= 15 is 0 Å². The van der Waals surface area contributed by atoms with E-state index in [1.807, 2.05) is 13.8 Å². The number of para-hydroxylation sites is 1. The molecule has 0 unspecified atom stereocenters. The third kappa shape index (κ3) is 2.44. The maximum absolute atomic E-state index is 14.2. The molecule has 0 saturated carbocycles. The monoisotopic (exact) mass is 291 g/mol. The average molecular weight is 291 g/mol. The van der Waals surface area contributed by atoms with Gasteiger partial charge in [0, 0.05) is 11.4 Å². The maximum Gasteiger partial charge on any atom is 0.381 e. The fourth-order valence-corrected chi connectivity index (χ4v) is 2.57. The molecule has 1 aromatic heterocycles. The molecule has 0 aliphatic heterocycles. The van der Waals surface area contributed by atoms with Gasteiger partial charge in [0.2, 0.25) is 0 Å². The number of hydrogen-bond acceptors (Lipinski definition) is 3. The molecular weight excluding hydrogens is 273 g/mol. The first-order chi connectivity index (χ1) is 9.90. The Bertz CT molecular complexity index is 716. The van der Waals surface area contributed by atoms with Gasteiger partial charge in [-0.05, 0) is 39.3 Å². The van der Waals surface area contributed by atoms with Crippen LogP contribution in [0.4, 0.5) is 4.39 Å². The predicted octanol–water partition coefficient (Wildman–Crippen LogP) is 3.42. The quantitative estimate of drug-likeness (QED) is 0.492. The number of hydrogen-bond donors (Lipinski definition) is 0. The molecule has 0 spiro atoms. The summed E-state index contributed by atoms with van der Waals surface area (Å²) in [5.74, 6) is -2.06. The number of ether oxygens (including phenoxy) is 1. The molecule has 0 N–H and O–H groups in total. The van der Waals surface area contributed by atoms with Gasteiger partial charge in [-0.1, -0.05) is 12.1 Å². The summed E-state index contributed by atoms with van der Waals surface area (Å²) in [5, 5.41) is 0.636. The summed E-state index contributed by atoms with van der Waals surface area (Å²) < 4.78 is 20.5. The number of ketones is 1. The molecule has 0 fully saturated rings. The Morgan fingerprint density at radius 3 is 2.57 bits per heavy atom. The number of aromatic nitrogens is 1. The summed E-state index contributed by atoms with van der Waals surface area (Å²) in [4.78, 5) is 24.1. The van der Waals surface area contributed by atoms with E-state index < -0.39 is 17.6 Å². The van der Waals surface area contributed by atoms with Gasteiger partial charge < -0.3 is 9.30 Å². The van der Waals surface area contributed by atoms with Crippen molar-refractivity contribution in [2.75, 3.05) is 6.61 Å². The highest BCUT2D eigenvalue weighted by atomic mass is 19.1. The lowest BCUT2D eigenvalue weighted by Crippen LogP contribution is -2.22. The van der Waals surface area contributed by atoms with Crippen LogP contribution >= 0.6 is 0 Å².